The first-order chi connectivity index (χ1) is 13.9. The minimum absolute atomic E-state index is 0.674. The molecule has 0 saturated heterocycles. The van der Waals surface area contributed by atoms with Crippen molar-refractivity contribution in [1.29, 1.82) is 0 Å². The van der Waals surface area contributed by atoms with Crippen LogP contribution in [0.3, 0.4) is 0 Å². The summed E-state index contributed by atoms with van der Waals surface area (Å²) in [6.45, 7) is 1.44. The SMILES string of the molecule is c1ccc(COCCCc2ccc(-c3ccccc3-c3nnn[nH]3)cc2)cc1. The lowest BCUT2D eigenvalue weighted by atomic mass is 9.97. The molecule has 4 rings (SSSR count). The summed E-state index contributed by atoms with van der Waals surface area (Å²) in [5.74, 6) is 0.676. The van der Waals surface area contributed by atoms with Gasteiger partial charge in [-0.2, -0.15) is 0 Å². The molecule has 0 radical (unpaired) electrons. The molecule has 140 valence electrons. The van der Waals surface area contributed by atoms with E-state index in [2.05, 4.69) is 63.1 Å². The maximum absolute atomic E-state index is 5.77. The summed E-state index contributed by atoms with van der Waals surface area (Å²) < 4.78 is 5.77. The van der Waals surface area contributed by atoms with Crippen molar-refractivity contribution >= 4 is 0 Å². The monoisotopic (exact) mass is 370 g/mol. The van der Waals surface area contributed by atoms with Crippen molar-refractivity contribution in [2.75, 3.05) is 6.61 Å². The molecule has 1 aromatic heterocycles. The third kappa shape index (κ3) is 4.50. The fraction of sp³-hybridized carbons (Fsp3) is 0.174. The number of aryl methyl sites for hydroxylation is 1. The van der Waals surface area contributed by atoms with Crippen molar-refractivity contribution in [3.8, 4) is 22.5 Å². The van der Waals surface area contributed by atoms with Crippen LogP contribution in [-0.2, 0) is 17.8 Å². The second-order valence-corrected chi connectivity index (χ2v) is 6.63. The van der Waals surface area contributed by atoms with Gasteiger partial charge in [0.05, 0.1) is 6.61 Å². The lowest BCUT2D eigenvalue weighted by Gasteiger charge is -2.09. The quantitative estimate of drug-likeness (QED) is 0.457. The van der Waals surface area contributed by atoms with Gasteiger partial charge in [0.15, 0.2) is 5.82 Å². The van der Waals surface area contributed by atoms with Gasteiger partial charge in [-0.05, 0) is 45.5 Å². The van der Waals surface area contributed by atoms with Crippen molar-refractivity contribution in [1.82, 2.24) is 20.6 Å². The predicted octanol–water partition coefficient (Wildman–Crippen LogP) is 4.68. The summed E-state index contributed by atoms with van der Waals surface area (Å²) in [5.41, 5.74) is 5.78. The van der Waals surface area contributed by atoms with Gasteiger partial charge in [-0.3, -0.25) is 0 Å². The third-order valence-corrected chi connectivity index (χ3v) is 4.66. The van der Waals surface area contributed by atoms with Crippen LogP contribution in [0.4, 0.5) is 0 Å². The van der Waals surface area contributed by atoms with E-state index in [-0.39, 0.29) is 0 Å². The number of ether oxygens (including phenoxy) is 1. The zero-order valence-electron chi connectivity index (χ0n) is 15.6. The fourth-order valence-electron chi connectivity index (χ4n) is 3.21. The molecule has 0 atom stereocenters. The lowest BCUT2D eigenvalue weighted by Crippen LogP contribution is -1.97. The highest BCUT2D eigenvalue weighted by Crippen LogP contribution is 2.29. The van der Waals surface area contributed by atoms with Crippen LogP contribution in [0.5, 0.6) is 0 Å². The number of tetrazole rings is 1. The minimum atomic E-state index is 0.674. The molecule has 1 N–H and O–H groups in total. The number of aromatic nitrogens is 4. The largest absolute Gasteiger partial charge is 0.377 e. The van der Waals surface area contributed by atoms with Crippen LogP contribution in [0.15, 0.2) is 78.9 Å². The molecule has 0 fully saturated rings. The number of hydrogen-bond acceptors (Lipinski definition) is 4. The van der Waals surface area contributed by atoms with E-state index in [9.17, 15) is 0 Å². The van der Waals surface area contributed by atoms with Crippen LogP contribution in [0.25, 0.3) is 22.5 Å². The Morgan fingerprint density at radius 1 is 0.750 bits per heavy atom. The number of aromatic amines is 1. The van der Waals surface area contributed by atoms with E-state index in [0.29, 0.717) is 12.4 Å². The zero-order valence-corrected chi connectivity index (χ0v) is 15.6. The summed E-state index contributed by atoms with van der Waals surface area (Å²) in [7, 11) is 0. The molecule has 28 heavy (non-hydrogen) atoms. The molecule has 3 aromatic carbocycles. The first kappa shape index (κ1) is 18.1. The van der Waals surface area contributed by atoms with Gasteiger partial charge >= 0.3 is 0 Å². The van der Waals surface area contributed by atoms with Crippen LogP contribution in [0, 0.1) is 0 Å². The molecule has 5 heteroatoms. The Morgan fingerprint density at radius 3 is 2.25 bits per heavy atom. The van der Waals surface area contributed by atoms with Crippen molar-refractivity contribution in [2.45, 2.75) is 19.4 Å². The number of nitrogens with one attached hydrogen (secondary N) is 1. The molecular weight excluding hydrogens is 348 g/mol. The molecule has 0 unspecified atom stereocenters. The molecule has 5 nitrogen and oxygen atoms in total. The summed E-state index contributed by atoms with van der Waals surface area (Å²) in [6.07, 6.45) is 2.01. The van der Waals surface area contributed by atoms with Crippen molar-refractivity contribution in [3.63, 3.8) is 0 Å². The summed E-state index contributed by atoms with van der Waals surface area (Å²) >= 11 is 0. The van der Waals surface area contributed by atoms with Crippen LogP contribution in [0.2, 0.25) is 0 Å². The van der Waals surface area contributed by atoms with E-state index >= 15 is 0 Å². The summed E-state index contributed by atoms with van der Waals surface area (Å²) in [6, 6.07) is 27.1. The number of benzene rings is 3. The van der Waals surface area contributed by atoms with Crippen LogP contribution in [0.1, 0.15) is 17.5 Å². The highest BCUT2D eigenvalue weighted by atomic mass is 16.5. The standard InChI is InChI=1S/C23H22N4O/c1-2-7-19(8-3-1)17-28-16-6-9-18-12-14-20(15-13-18)21-10-4-5-11-22(21)23-24-26-27-25-23/h1-5,7-8,10-15H,6,9,16-17H2,(H,24,25,26,27). The first-order valence-corrected chi connectivity index (χ1v) is 9.44. The van der Waals surface area contributed by atoms with E-state index in [4.69, 9.17) is 4.74 Å². The van der Waals surface area contributed by atoms with Crippen molar-refractivity contribution < 1.29 is 4.74 Å². The van der Waals surface area contributed by atoms with Gasteiger partial charge in [0, 0.05) is 12.2 Å². The van der Waals surface area contributed by atoms with Crippen molar-refractivity contribution in [3.05, 3.63) is 90.0 Å². The minimum Gasteiger partial charge on any atom is -0.377 e. The number of H-pyrrole nitrogens is 1. The maximum atomic E-state index is 5.77. The molecule has 0 bridgehead atoms. The third-order valence-electron chi connectivity index (χ3n) is 4.66. The van der Waals surface area contributed by atoms with Gasteiger partial charge in [0.1, 0.15) is 0 Å². The normalized spacial score (nSPS) is 10.9. The van der Waals surface area contributed by atoms with E-state index in [1.807, 2.05) is 36.4 Å². The number of hydrogen-bond donors (Lipinski definition) is 1. The first-order valence-electron chi connectivity index (χ1n) is 9.44. The average molecular weight is 370 g/mol. The second kappa shape index (κ2) is 9.06. The van der Waals surface area contributed by atoms with Crippen LogP contribution < -0.4 is 0 Å². The topological polar surface area (TPSA) is 63.7 Å². The molecular formula is C23H22N4O. The average Bonchev–Trinajstić information content (AvgIpc) is 3.30. The Kier molecular flexibility index (Phi) is 5.85. The number of rotatable bonds is 8. The van der Waals surface area contributed by atoms with Crippen LogP contribution in [-0.4, -0.2) is 27.2 Å². The summed E-state index contributed by atoms with van der Waals surface area (Å²) in [4.78, 5) is 0. The lowest BCUT2D eigenvalue weighted by molar-refractivity contribution is 0.118. The Balaban J connectivity index is 1.33. The Hall–Kier alpha value is -3.31. The number of nitrogens with zero attached hydrogens (tertiary/aromatic N) is 3. The Bertz CT molecular complexity index is 983. The zero-order chi connectivity index (χ0) is 19.0. The van der Waals surface area contributed by atoms with Crippen LogP contribution >= 0.6 is 0 Å². The van der Waals surface area contributed by atoms with Gasteiger partial charge in [0.25, 0.3) is 0 Å². The van der Waals surface area contributed by atoms with E-state index in [1.54, 1.807) is 0 Å². The van der Waals surface area contributed by atoms with Gasteiger partial charge < -0.3 is 4.74 Å². The van der Waals surface area contributed by atoms with Gasteiger partial charge in [-0.1, -0.05) is 78.9 Å². The molecule has 0 aliphatic heterocycles. The fourth-order valence-corrected chi connectivity index (χ4v) is 3.21. The maximum Gasteiger partial charge on any atom is 0.180 e. The van der Waals surface area contributed by atoms with E-state index in [1.165, 1.54) is 11.1 Å². The van der Waals surface area contributed by atoms with Gasteiger partial charge in [-0.25, -0.2) is 5.10 Å². The smallest absolute Gasteiger partial charge is 0.180 e. The molecule has 0 spiro atoms. The molecule has 1 heterocycles. The predicted molar refractivity (Wildman–Crippen MR) is 109 cm³/mol. The Labute approximate surface area is 164 Å². The second-order valence-electron chi connectivity index (χ2n) is 6.63. The van der Waals surface area contributed by atoms with E-state index in [0.717, 1.165) is 36.1 Å². The highest BCUT2D eigenvalue weighted by Gasteiger charge is 2.09. The molecule has 0 saturated carbocycles. The summed E-state index contributed by atoms with van der Waals surface area (Å²) in [5, 5.41) is 14.2. The Morgan fingerprint density at radius 2 is 1.50 bits per heavy atom. The highest BCUT2D eigenvalue weighted by molar-refractivity contribution is 5.80. The van der Waals surface area contributed by atoms with Gasteiger partial charge in [0.2, 0.25) is 0 Å². The van der Waals surface area contributed by atoms with Crippen molar-refractivity contribution in [2.24, 2.45) is 0 Å². The van der Waals surface area contributed by atoms with Gasteiger partial charge in [-0.15, -0.1) is 5.10 Å². The molecule has 0 amide bonds. The molecule has 0 aliphatic carbocycles. The van der Waals surface area contributed by atoms with E-state index < -0.39 is 0 Å². The molecule has 0 aliphatic rings. The molecule has 4 aromatic rings.